The van der Waals surface area contributed by atoms with E-state index < -0.39 is 0 Å². The number of nitrogens with one attached hydrogen (secondary N) is 2. The normalized spacial score (nSPS) is 10.8. The lowest BCUT2D eigenvalue weighted by Gasteiger charge is -2.07. The van der Waals surface area contributed by atoms with E-state index in [1.165, 1.54) is 13.0 Å². The van der Waals surface area contributed by atoms with E-state index in [1.807, 2.05) is 6.07 Å². The molecule has 0 unspecified atom stereocenters. The Balaban J connectivity index is 2.51. The van der Waals surface area contributed by atoms with Gasteiger partial charge in [0.2, 0.25) is 0 Å². The highest BCUT2D eigenvalue weighted by molar-refractivity contribution is 5.94. The fraction of sp³-hybridized carbons (Fsp3) is 0.167. The van der Waals surface area contributed by atoms with Gasteiger partial charge in [-0.05, 0) is 26.0 Å². The highest BCUT2D eigenvalue weighted by Crippen LogP contribution is 1.97. The first kappa shape index (κ1) is 12.0. The summed E-state index contributed by atoms with van der Waals surface area (Å²) in [5, 5.41) is 0. The zero-order chi connectivity index (χ0) is 12.0. The van der Waals surface area contributed by atoms with E-state index >= 15 is 0 Å². The molecule has 0 aliphatic carbocycles. The van der Waals surface area contributed by atoms with Crippen LogP contribution in [0.25, 0.3) is 0 Å². The van der Waals surface area contributed by atoms with E-state index in [0.29, 0.717) is 11.3 Å². The molecule has 1 rings (SSSR count). The zero-order valence-electron chi connectivity index (χ0n) is 9.28. The zero-order valence-corrected chi connectivity index (χ0v) is 9.28. The monoisotopic (exact) mass is 218 g/mol. The van der Waals surface area contributed by atoms with Gasteiger partial charge in [0.25, 0.3) is 5.91 Å². The molecule has 0 aliphatic heterocycles. The van der Waals surface area contributed by atoms with Crippen LogP contribution in [0.2, 0.25) is 0 Å². The summed E-state index contributed by atoms with van der Waals surface area (Å²) in [6, 6.07) is 8.83. The molecule has 0 spiro atoms. The molecule has 2 N–H and O–H groups in total. The summed E-state index contributed by atoms with van der Waals surface area (Å²) >= 11 is 0. The van der Waals surface area contributed by atoms with E-state index in [-0.39, 0.29) is 11.7 Å². The molecule has 0 saturated heterocycles. The first-order valence-electron chi connectivity index (χ1n) is 4.90. The number of benzene rings is 1. The molecule has 1 aromatic carbocycles. The molecule has 0 bridgehead atoms. The van der Waals surface area contributed by atoms with Crippen molar-refractivity contribution in [1.29, 1.82) is 0 Å². The van der Waals surface area contributed by atoms with Crippen LogP contribution in [0.3, 0.4) is 0 Å². The van der Waals surface area contributed by atoms with Gasteiger partial charge in [0.15, 0.2) is 5.78 Å². The van der Waals surface area contributed by atoms with Crippen LogP contribution in [-0.4, -0.2) is 11.7 Å². The summed E-state index contributed by atoms with van der Waals surface area (Å²) < 4.78 is 0. The van der Waals surface area contributed by atoms with Crippen LogP contribution in [0.4, 0.5) is 0 Å². The summed E-state index contributed by atoms with van der Waals surface area (Å²) in [7, 11) is 0. The Morgan fingerprint density at radius 1 is 1.06 bits per heavy atom. The highest BCUT2D eigenvalue weighted by Gasteiger charge is 2.02. The number of carbonyl (C=O) groups is 2. The fourth-order valence-corrected chi connectivity index (χ4v) is 1.16. The Bertz CT molecular complexity index is 410. The van der Waals surface area contributed by atoms with Gasteiger partial charge in [-0.2, -0.15) is 0 Å². The van der Waals surface area contributed by atoms with Gasteiger partial charge in [-0.15, -0.1) is 0 Å². The molecular weight excluding hydrogens is 204 g/mol. The van der Waals surface area contributed by atoms with E-state index in [1.54, 1.807) is 31.2 Å². The topological polar surface area (TPSA) is 58.2 Å². The second-order valence-corrected chi connectivity index (χ2v) is 3.38. The summed E-state index contributed by atoms with van der Waals surface area (Å²) in [5.74, 6) is -0.309. The Morgan fingerprint density at radius 3 is 2.25 bits per heavy atom. The van der Waals surface area contributed by atoms with Crippen molar-refractivity contribution in [3.63, 3.8) is 0 Å². The van der Waals surface area contributed by atoms with E-state index in [9.17, 15) is 9.59 Å². The molecule has 4 heteroatoms. The lowest BCUT2D eigenvalue weighted by atomic mass is 10.2. The van der Waals surface area contributed by atoms with Gasteiger partial charge in [-0.1, -0.05) is 18.2 Å². The van der Waals surface area contributed by atoms with Crippen molar-refractivity contribution in [2.45, 2.75) is 13.8 Å². The standard InChI is InChI=1S/C12H14N2O2/c1-9(8-10(2)15)13-14-12(16)11-6-4-3-5-7-11/h3-8,13H,1-2H3,(H,14,16). The van der Waals surface area contributed by atoms with Crippen LogP contribution in [-0.2, 0) is 4.79 Å². The largest absolute Gasteiger partial charge is 0.303 e. The Hall–Kier alpha value is -2.10. The molecular formula is C12H14N2O2. The van der Waals surface area contributed by atoms with Crippen molar-refractivity contribution in [2.75, 3.05) is 0 Å². The van der Waals surface area contributed by atoms with Gasteiger partial charge >= 0.3 is 0 Å². The van der Waals surface area contributed by atoms with E-state index in [4.69, 9.17) is 0 Å². The molecule has 84 valence electrons. The van der Waals surface area contributed by atoms with Gasteiger partial charge in [0.1, 0.15) is 0 Å². The Morgan fingerprint density at radius 2 is 1.69 bits per heavy atom. The third-order valence-electron chi connectivity index (χ3n) is 1.83. The number of rotatable bonds is 4. The second-order valence-electron chi connectivity index (χ2n) is 3.38. The minimum absolute atomic E-state index is 0.0704. The summed E-state index contributed by atoms with van der Waals surface area (Å²) in [6.07, 6.45) is 1.41. The van der Waals surface area contributed by atoms with Crippen LogP contribution in [0.1, 0.15) is 24.2 Å². The Kier molecular flexibility index (Phi) is 4.27. The Labute approximate surface area is 94.3 Å². The number of allylic oxidation sites excluding steroid dienone is 2. The number of hydrogen-bond donors (Lipinski definition) is 2. The number of amides is 1. The molecule has 4 nitrogen and oxygen atoms in total. The average molecular weight is 218 g/mol. The number of carbonyl (C=O) groups excluding carboxylic acids is 2. The average Bonchev–Trinajstić information content (AvgIpc) is 2.26. The lowest BCUT2D eigenvalue weighted by Crippen LogP contribution is -2.36. The third kappa shape index (κ3) is 3.96. The van der Waals surface area contributed by atoms with Gasteiger partial charge in [-0.25, -0.2) is 0 Å². The first-order valence-corrected chi connectivity index (χ1v) is 4.90. The SMILES string of the molecule is CC(=O)C=C(C)NNC(=O)c1ccccc1. The predicted octanol–water partition coefficient (Wildman–Crippen LogP) is 1.41. The maximum atomic E-state index is 11.5. The molecule has 1 aromatic rings. The minimum Gasteiger partial charge on any atom is -0.303 e. The highest BCUT2D eigenvalue weighted by atomic mass is 16.2. The lowest BCUT2D eigenvalue weighted by molar-refractivity contribution is -0.112. The molecule has 0 atom stereocenters. The van der Waals surface area contributed by atoms with Crippen LogP contribution >= 0.6 is 0 Å². The van der Waals surface area contributed by atoms with Gasteiger partial charge in [-0.3, -0.25) is 15.0 Å². The fourth-order valence-electron chi connectivity index (χ4n) is 1.16. The maximum absolute atomic E-state index is 11.5. The summed E-state index contributed by atoms with van der Waals surface area (Å²) in [5.41, 5.74) is 6.30. The molecule has 1 amide bonds. The molecule has 0 heterocycles. The van der Waals surface area contributed by atoms with Crippen LogP contribution in [0.15, 0.2) is 42.1 Å². The first-order chi connectivity index (χ1) is 7.59. The van der Waals surface area contributed by atoms with Crippen LogP contribution < -0.4 is 10.9 Å². The van der Waals surface area contributed by atoms with Gasteiger partial charge in [0, 0.05) is 17.3 Å². The summed E-state index contributed by atoms with van der Waals surface area (Å²) in [4.78, 5) is 22.3. The maximum Gasteiger partial charge on any atom is 0.269 e. The second kappa shape index (κ2) is 5.70. The predicted molar refractivity (Wildman–Crippen MR) is 61.5 cm³/mol. The van der Waals surface area contributed by atoms with Crippen molar-refractivity contribution in [1.82, 2.24) is 10.9 Å². The van der Waals surface area contributed by atoms with E-state index in [2.05, 4.69) is 10.9 Å². The van der Waals surface area contributed by atoms with Gasteiger partial charge in [0.05, 0.1) is 0 Å². The minimum atomic E-state index is -0.239. The summed E-state index contributed by atoms with van der Waals surface area (Å²) in [6.45, 7) is 3.15. The molecule has 0 aromatic heterocycles. The molecule has 0 fully saturated rings. The van der Waals surface area contributed by atoms with Crippen LogP contribution in [0, 0.1) is 0 Å². The molecule has 0 aliphatic rings. The number of ketones is 1. The van der Waals surface area contributed by atoms with Crippen molar-refractivity contribution < 1.29 is 9.59 Å². The number of hydrazine groups is 1. The van der Waals surface area contributed by atoms with Crippen molar-refractivity contribution in [3.8, 4) is 0 Å². The van der Waals surface area contributed by atoms with Crippen molar-refractivity contribution in [3.05, 3.63) is 47.7 Å². The molecule has 16 heavy (non-hydrogen) atoms. The molecule has 0 radical (unpaired) electrons. The van der Waals surface area contributed by atoms with Gasteiger partial charge < -0.3 is 5.43 Å². The van der Waals surface area contributed by atoms with E-state index in [0.717, 1.165) is 0 Å². The quantitative estimate of drug-likeness (QED) is 0.593. The van der Waals surface area contributed by atoms with Crippen LogP contribution in [0.5, 0.6) is 0 Å². The smallest absolute Gasteiger partial charge is 0.269 e. The third-order valence-corrected chi connectivity index (χ3v) is 1.83. The van der Waals surface area contributed by atoms with Crippen molar-refractivity contribution in [2.24, 2.45) is 0 Å². The number of hydrogen-bond acceptors (Lipinski definition) is 3. The molecule has 0 saturated carbocycles. The van der Waals surface area contributed by atoms with Crippen molar-refractivity contribution >= 4 is 11.7 Å².